The number of halogens is 1. The second kappa shape index (κ2) is 5.92. The molecule has 0 saturated carbocycles. The number of hydrogen-bond acceptors (Lipinski definition) is 5. The number of benzene rings is 1. The molecule has 2 heterocycles. The molecule has 1 aromatic carbocycles. The molecule has 0 spiro atoms. The largest absolute Gasteiger partial charge is 0.466 e. The smallest absolute Gasteiger partial charge is 0.317 e. The fourth-order valence-electron chi connectivity index (χ4n) is 3.78. The van der Waals surface area contributed by atoms with Gasteiger partial charge < -0.3 is 14.2 Å². The van der Waals surface area contributed by atoms with Crippen molar-refractivity contribution in [2.24, 2.45) is 5.92 Å². The van der Waals surface area contributed by atoms with Crippen LogP contribution in [-0.4, -0.2) is 24.6 Å². The molecule has 6 heteroatoms. The molecule has 0 saturated heterocycles. The first kappa shape index (κ1) is 15.7. The van der Waals surface area contributed by atoms with Crippen molar-refractivity contribution in [3.8, 4) is 5.75 Å². The van der Waals surface area contributed by atoms with Gasteiger partial charge in [-0.15, -0.1) is 0 Å². The van der Waals surface area contributed by atoms with Gasteiger partial charge in [0.05, 0.1) is 6.61 Å². The van der Waals surface area contributed by atoms with Crippen LogP contribution >= 0.6 is 15.9 Å². The topological polar surface area (TPSA) is 61.8 Å². The third-order valence-electron chi connectivity index (χ3n) is 4.74. The summed E-state index contributed by atoms with van der Waals surface area (Å²) in [5.74, 6) is -0.0321. The molecule has 0 N–H and O–H groups in total. The number of allylic oxidation sites excluding steroid dienone is 2. The van der Waals surface area contributed by atoms with Crippen LogP contribution in [0.4, 0.5) is 0 Å². The van der Waals surface area contributed by atoms with Crippen LogP contribution in [0.5, 0.6) is 5.75 Å². The predicted octanol–water partition coefficient (Wildman–Crippen LogP) is 3.47. The number of rotatable bonds is 2. The van der Waals surface area contributed by atoms with Gasteiger partial charge in [-0.2, -0.15) is 0 Å². The number of ether oxygens (including phenoxy) is 3. The van der Waals surface area contributed by atoms with E-state index in [1.165, 1.54) is 0 Å². The molecule has 0 fully saturated rings. The van der Waals surface area contributed by atoms with Gasteiger partial charge in [0.25, 0.3) is 6.29 Å². The van der Waals surface area contributed by atoms with E-state index in [-0.39, 0.29) is 24.3 Å². The Morgan fingerprint density at radius 1 is 1.33 bits per heavy atom. The Bertz CT molecular complexity index is 754. The number of Topliss-reactive ketones (excluding diaryl/α,β-unsaturated/α-hetero) is 1. The Morgan fingerprint density at radius 2 is 2.17 bits per heavy atom. The molecular weight excluding hydrogens is 376 g/mol. The fraction of sp³-hybridized carbons (Fsp3) is 0.444. The van der Waals surface area contributed by atoms with Crippen LogP contribution in [0, 0.1) is 5.92 Å². The summed E-state index contributed by atoms with van der Waals surface area (Å²) in [6.07, 6.45) is 1.22. The van der Waals surface area contributed by atoms with Gasteiger partial charge in [0.2, 0.25) is 0 Å². The van der Waals surface area contributed by atoms with Crippen molar-refractivity contribution in [2.75, 3.05) is 6.61 Å². The van der Waals surface area contributed by atoms with Gasteiger partial charge in [-0.3, -0.25) is 9.59 Å². The maximum absolute atomic E-state index is 12.6. The molecule has 2 bridgehead atoms. The Labute approximate surface area is 148 Å². The van der Waals surface area contributed by atoms with Crippen molar-refractivity contribution in [2.45, 2.75) is 38.4 Å². The molecule has 24 heavy (non-hydrogen) atoms. The Balaban J connectivity index is 1.89. The van der Waals surface area contributed by atoms with E-state index in [0.29, 0.717) is 29.9 Å². The summed E-state index contributed by atoms with van der Waals surface area (Å²) >= 11 is 3.47. The zero-order valence-corrected chi connectivity index (χ0v) is 14.8. The van der Waals surface area contributed by atoms with E-state index in [0.717, 1.165) is 16.5 Å². The Kier molecular flexibility index (Phi) is 3.87. The minimum Gasteiger partial charge on any atom is -0.466 e. The molecule has 0 aromatic heterocycles. The highest BCUT2D eigenvalue weighted by Gasteiger charge is 2.53. The van der Waals surface area contributed by atoms with Gasteiger partial charge >= 0.3 is 5.97 Å². The van der Waals surface area contributed by atoms with Gasteiger partial charge in [-0.25, -0.2) is 0 Å². The van der Waals surface area contributed by atoms with E-state index in [1.54, 1.807) is 6.92 Å². The molecule has 0 unspecified atom stereocenters. The molecule has 1 aliphatic carbocycles. The highest BCUT2D eigenvalue weighted by molar-refractivity contribution is 9.10. The van der Waals surface area contributed by atoms with E-state index >= 15 is 0 Å². The van der Waals surface area contributed by atoms with Crippen molar-refractivity contribution < 1.29 is 23.8 Å². The van der Waals surface area contributed by atoms with Gasteiger partial charge in [0.15, 0.2) is 5.78 Å². The second-order valence-corrected chi connectivity index (χ2v) is 7.07. The molecule has 3 atom stereocenters. The lowest BCUT2D eigenvalue weighted by Crippen LogP contribution is -2.48. The summed E-state index contributed by atoms with van der Waals surface area (Å²) in [6.45, 7) is 2.04. The molecule has 126 valence electrons. The lowest BCUT2D eigenvalue weighted by molar-refractivity contribution is -0.173. The quantitative estimate of drug-likeness (QED) is 0.721. The first-order valence-corrected chi connectivity index (χ1v) is 8.95. The zero-order chi connectivity index (χ0) is 16.8. The summed E-state index contributed by atoms with van der Waals surface area (Å²) in [4.78, 5) is 25.2. The minimum atomic E-state index is -0.743. The third-order valence-corrected chi connectivity index (χ3v) is 5.23. The fourth-order valence-corrected chi connectivity index (χ4v) is 4.16. The number of ketones is 1. The van der Waals surface area contributed by atoms with Crippen LogP contribution in [-0.2, 0) is 19.1 Å². The van der Waals surface area contributed by atoms with E-state index < -0.39 is 12.2 Å². The predicted molar refractivity (Wildman–Crippen MR) is 88.4 cm³/mol. The average Bonchev–Trinajstić information content (AvgIpc) is 2.55. The minimum absolute atomic E-state index is 0.0572. The van der Waals surface area contributed by atoms with Crippen LogP contribution in [0.1, 0.15) is 37.7 Å². The summed E-state index contributed by atoms with van der Waals surface area (Å²) in [5.41, 5.74) is 1.46. The van der Waals surface area contributed by atoms with Crippen LogP contribution in [0.2, 0.25) is 0 Å². The van der Waals surface area contributed by atoms with Crippen LogP contribution in [0.25, 0.3) is 0 Å². The van der Waals surface area contributed by atoms with Gasteiger partial charge in [-0.1, -0.05) is 15.9 Å². The highest BCUT2D eigenvalue weighted by atomic mass is 79.9. The first-order chi connectivity index (χ1) is 11.6. The van der Waals surface area contributed by atoms with E-state index in [1.807, 2.05) is 18.2 Å². The van der Waals surface area contributed by atoms with Crippen molar-refractivity contribution in [1.29, 1.82) is 0 Å². The number of fused-ring (bicyclic) bond motifs is 5. The monoisotopic (exact) mass is 392 g/mol. The number of carbonyl (C=O) groups is 2. The Morgan fingerprint density at radius 3 is 2.96 bits per heavy atom. The Hall–Kier alpha value is -1.82. The standard InChI is InChI=1S/C18H17BrO5/c1-2-22-17(21)16-14-10-8-9(19)6-7-12(10)23-18(16)24-13-5-3-4-11(20)15(13)14/h6-8,14,16,18H,2-5H2,1H3/t14-,16-,18+/m1/s1. The van der Waals surface area contributed by atoms with Crippen LogP contribution in [0.15, 0.2) is 34.0 Å². The molecular formula is C18H17BrO5. The normalized spacial score (nSPS) is 27.6. The van der Waals surface area contributed by atoms with Crippen molar-refractivity contribution in [1.82, 2.24) is 0 Å². The number of hydrogen-bond donors (Lipinski definition) is 0. The van der Waals surface area contributed by atoms with Gasteiger partial charge in [-0.05, 0) is 31.5 Å². The van der Waals surface area contributed by atoms with Crippen molar-refractivity contribution in [3.63, 3.8) is 0 Å². The first-order valence-electron chi connectivity index (χ1n) is 8.15. The summed E-state index contributed by atoms with van der Waals surface area (Å²) in [6, 6.07) is 5.63. The lowest BCUT2D eigenvalue weighted by Gasteiger charge is -2.44. The van der Waals surface area contributed by atoms with Crippen LogP contribution < -0.4 is 4.74 Å². The van der Waals surface area contributed by atoms with Crippen molar-refractivity contribution >= 4 is 27.7 Å². The molecule has 1 aromatic rings. The second-order valence-electron chi connectivity index (χ2n) is 6.16. The molecule has 2 aliphatic heterocycles. The molecule has 0 amide bonds. The van der Waals surface area contributed by atoms with Gasteiger partial charge in [0.1, 0.15) is 17.4 Å². The maximum atomic E-state index is 12.6. The average molecular weight is 393 g/mol. The van der Waals surface area contributed by atoms with E-state index in [2.05, 4.69) is 15.9 Å². The summed E-state index contributed by atoms with van der Waals surface area (Å²) in [7, 11) is 0. The van der Waals surface area contributed by atoms with E-state index in [9.17, 15) is 9.59 Å². The molecule has 5 nitrogen and oxygen atoms in total. The zero-order valence-electron chi connectivity index (χ0n) is 13.2. The van der Waals surface area contributed by atoms with Gasteiger partial charge in [0, 0.05) is 34.4 Å². The third kappa shape index (κ3) is 2.35. The maximum Gasteiger partial charge on any atom is 0.317 e. The SMILES string of the molecule is CCOC(=O)[C@@H]1[C@@H]2OC3=C(C(=O)CCC3)[C@H]1c1cc(Br)ccc1O2. The lowest BCUT2D eigenvalue weighted by atomic mass is 9.72. The number of esters is 1. The number of carbonyl (C=O) groups excluding carboxylic acids is 2. The van der Waals surface area contributed by atoms with Crippen molar-refractivity contribution in [3.05, 3.63) is 39.6 Å². The summed E-state index contributed by atoms with van der Waals surface area (Å²) < 4.78 is 18.0. The molecule has 0 radical (unpaired) electrons. The summed E-state index contributed by atoms with van der Waals surface area (Å²) in [5, 5.41) is 0. The van der Waals surface area contributed by atoms with E-state index in [4.69, 9.17) is 14.2 Å². The molecule has 4 rings (SSSR count). The highest BCUT2D eigenvalue weighted by Crippen LogP contribution is 2.52. The van der Waals surface area contributed by atoms with Crippen LogP contribution in [0.3, 0.4) is 0 Å². The molecule has 3 aliphatic rings.